The molecule has 4 heteroatoms. The molecule has 4 nitrogen and oxygen atoms in total. The summed E-state index contributed by atoms with van der Waals surface area (Å²) in [6, 6.07) is 93.5. The summed E-state index contributed by atoms with van der Waals surface area (Å²) in [5, 5.41) is 1.96. The highest BCUT2D eigenvalue weighted by Crippen LogP contribution is 2.63. The molecule has 0 saturated heterocycles. The summed E-state index contributed by atoms with van der Waals surface area (Å²) in [4.78, 5) is 15.7. The molecule has 0 N–H and O–H groups in total. The Labute approximate surface area is 428 Å². The molecule has 15 rings (SSSR count). The third-order valence-corrected chi connectivity index (χ3v) is 15.4. The molecule has 2 heterocycles. The number of nitrogens with zero attached hydrogens (tertiary/aromatic N) is 3. The molecule has 11 aromatic carbocycles. The van der Waals surface area contributed by atoms with Gasteiger partial charge in [0.2, 0.25) is 0 Å². The zero-order valence-electron chi connectivity index (χ0n) is 40.1. The van der Waals surface area contributed by atoms with Gasteiger partial charge in [-0.1, -0.05) is 224 Å². The summed E-state index contributed by atoms with van der Waals surface area (Å²) in [5.74, 6) is 1.77. The topological polar surface area (TPSA) is 51.8 Å². The van der Waals surface area contributed by atoms with Crippen molar-refractivity contribution in [2.24, 2.45) is 0 Å². The third-order valence-electron chi connectivity index (χ3n) is 15.4. The number of benzene rings is 11. The van der Waals surface area contributed by atoms with Crippen LogP contribution in [0.25, 0.3) is 123 Å². The fraction of sp³-hybridized carbons (Fsp3) is 0.0143. The van der Waals surface area contributed by atoms with Crippen LogP contribution in [-0.4, -0.2) is 15.0 Å². The average Bonchev–Trinajstić information content (AvgIpc) is 4.18. The number of furan rings is 1. The first-order chi connectivity index (χ1) is 36.7. The Balaban J connectivity index is 0.851. The SMILES string of the molecule is c1ccc(-c2ccc(-c3nc(-c4cccc(-c5ccccc5)c4)nc(-c4cccc5oc6ccc(-c7cccc(-c8ccc9c(c8)C8(c%10ccccc%10-c%10ccccc%108)c8ccccc8-9)c7)cc6c45)n3)cc2)cc1. The highest BCUT2D eigenvalue weighted by Gasteiger charge is 2.51. The molecule has 2 aromatic heterocycles. The van der Waals surface area contributed by atoms with E-state index in [1.165, 1.54) is 50.1 Å². The minimum Gasteiger partial charge on any atom is -0.456 e. The molecular weight excluding hydrogens is 899 g/mol. The van der Waals surface area contributed by atoms with Crippen LogP contribution in [-0.2, 0) is 5.41 Å². The molecule has 0 radical (unpaired) electrons. The minimum absolute atomic E-state index is 0.406. The van der Waals surface area contributed by atoms with Crippen LogP contribution < -0.4 is 0 Å². The van der Waals surface area contributed by atoms with Crippen LogP contribution in [0.5, 0.6) is 0 Å². The second kappa shape index (κ2) is 16.7. The average molecular weight is 942 g/mol. The Morgan fingerprint density at radius 1 is 0.243 bits per heavy atom. The largest absolute Gasteiger partial charge is 0.456 e. The van der Waals surface area contributed by atoms with E-state index in [-0.39, 0.29) is 0 Å². The van der Waals surface area contributed by atoms with Gasteiger partial charge in [0.25, 0.3) is 0 Å². The maximum absolute atomic E-state index is 6.64. The fourth-order valence-corrected chi connectivity index (χ4v) is 12.0. The maximum atomic E-state index is 6.64. The predicted molar refractivity (Wildman–Crippen MR) is 301 cm³/mol. The quantitative estimate of drug-likeness (QED) is 0.160. The molecule has 2 aliphatic carbocycles. The first-order valence-electron chi connectivity index (χ1n) is 25.2. The second-order valence-corrected chi connectivity index (χ2v) is 19.4. The van der Waals surface area contributed by atoms with Crippen LogP contribution in [0.1, 0.15) is 22.3 Å². The highest BCUT2D eigenvalue weighted by atomic mass is 16.3. The molecule has 2 aliphatic rings. The van der Waals surface area contributed by atoms with Crippen molar-refractivity contribution in [1.29, 1.82) is 0 Å². The van der Waals surface area contributed by atoms with E-state index in [9.17, 15) is 0 Å². The number of fused-ring (bicyclic) bond motifs is 13. The number of aromatic nitrogens is 3. The zero-order chi connectivity index (χ0) is 48.7. The van der Waals surface area contributed by atoms with Crippen LogP contribution in [0, 0.1) is 0 Å². The smallest absolute Gasteiger partial charge is 0.164 e. The molecule has 0 aliphatic heterocycles. The van der Waals surface area contributed by atoms with Gasteiger partial charge in [-0.2, -0.15) is 0 Å². The van der Waals surface area contributed by atoms with Crippen LogP contribution in [0.3, 0.4) is 0 Å². The molecule has 0 atom stereocenters. The number of hydrogen-bond acceptors (Lipinski definition) is 4. The number of hydrogen-bond donors (Lipinski definition) is 0. The highest BCUT2D eigenvalue weighted by molar-refractivity contribution is 6.13. The van der Waals surface area contributed by atoms with Crippen molar-refractivity contribution in [3.05, 3.63) is 283 Å². The molecule has 74 heavy (non-hydrogen) atoms. The van der Waals surface area contributed by atoms with Crippen molar-refractivity contribution in [3.8, 4) is 101 Å². The van der Waals surface area contributed by atoms with Gasteiger partial charge >= 0.3 is 0 Å². The summed E-state index contributed by atoms with van der Waals surface area (Å²) >= 11 is 0. The molecule has 1 spiro atoms. The van der Waals surface area contributed by atoms with Gasteiger partial charge in [-0.3, -0.25) is 0 Å². The van der Waals surface area contributed by atoms with E-state index in [0.717, 1.165) is 77.6 Å². The summed E-state index contributed by atoms with van der Waals surface area (Å²) in [7, 11) is 0. The Morgan fingerprint density at radius 2 is 0.649 bits per heavy atom. The van der Waals surface area contributed by atoms with Crippen LogP contribution in [0.2, 0.25) is 0 Å². The molecule has 0 amide bonds. The van der Waals surface area contributed by atoms with Gasteiger partial charge in [0.1, 0.15) is 11.2 Å². The van der Waals surface area contributed by atoms with Gasteiger partial charge in [0, 0.05) is 27.5 Å². The van der Waals surface area contributed by atoms with Crippen LogP contribution in [0.4, 0.5) is 0 Å². The summed E-state index contributed by atoms with van der Waals surface area (Å²) < 4.78 is 6.64. The van der Waals surface area contributed by atoms with Crippen molar-refractivity contribution in [3.63, 3.8) is 0 Å². The fourth-order valence-electron chi connectivity index (χ4n) is 12.0. The lowest BCUT2D eigenvalue weighted by Crippen LogP contribution is -2.25. The van der Waals surface area contributed by atoms with E-state index in [1.54, 1.807) is 0 Å². The summed E-state index contributed by atoms with van der Waals surface area (Å²) in [6.45, 7) is 0. The summed E-state index contributed by atoms with van der Waals surface area (Å²) in [6.07, 6.45) is 0. The van der Waals surface area contributed by atoms with E-state index in [0.29, 0.717) is 17.5 Å². The third kappa shape index (κ3) is 6.52. The predicted octanol–water partition coefficient (Wildman–Crippen LogP) is 17.8. The van der Waals surface area contributed by atoms with Gasteiger partial charge in [-0.05, 0) is 125 Å². The van der Waals surface area contributed by atoms with E-state index in [4.69, 9.17) is 19.4 Å². The number of rotatable bonds is 7. The monoisotopic (exact) mass is 941 g/mol. The lowest BCUT2D eigenvalue weighted by atomic mass is 9.70. The Morgan fingerprint density at radius 3 is 1.30 bits per heavy atom. The zero-order valence-corrected chi connectivity index (χ0v) is 40.1. The van der Waals surface area contributed by atoms with E-state index >= 15 is 0 Å². The standard InChI is InChI=1S/C70H43N3O/c1-3-16-44(17-4-1)46-32-34-47(35-33-46)67-71-68(53-23-14-20-48(41-53)45-18-5-2-6-19-45)73-69(72-67)58-27-15-31-65-66(58)59-42-51(37-39-64(59)74-65)49-21-13-22-50(40-49)52-36-38-57-56-26-9-12-30-62(56)70(63(57)43-52)60-28-10-7-24-54(60)55-25-8-11-29-61(55)70/h1-43H. The van der Waals surface area contributed by atoms with Crippen molar-refractivity contribution in [2.75, 3.05) is 0 Å². The Hall–Kier alpha value is -9.77. The molecule has 0 fully saturated rings. The van der Waals surface area contributed by atoms with Crippen molar-refractivity contribution in [1.82, 2.24) is 15.0 Å². The van der Waals surface area contributed by atoms with Gasteiger partial charge in [0.15, 0.2) is 17.5 Å². The molecule has 0 unspecified atom stereocenters. The van der Waals surface area contributed by atoms with Crippen LogP contribution >= 0.6 is 0 Å². The van der Waals surface area contributed by atoms with E-state index in [2.05, 4.69) is 237 Å². The Bertz CT molecular complexity index is 4300. The van der Waals surface area contributed by atoms with Crippen LogP contribution in [0.15, 0.2) is 265 Å². The first-order valence-corrected chi connectivity index (χ1v) is 25.2. The lowest BCUT2D eigenvalue weighted by molar-refractivity contribution is 0.669. The van der Waals surface area contributed by atoms with Gasteiger partial charge < -0.3 is 4.42 Å². The second-order valence-electron chi connectivity index (χ2n) is 19.4. The summed E-state index contributed by atoms with van der Waals surface area (Å²) in [5.41, 5.74) is 23.5. The molecule has 13 aromatic rings. The van der Waals surface area contributed by atoms with Gasteiger partial charge in [-0.15, -0.1) is 0 Å². The van der Waals surface area contributed by atoms with E-state index in [1.807, 2.05) is 24.3 Å². The van der Waals surface area contributed by atoms with E-state index < -0.39 is 5.41 Å². The molecule has 344 valence electrons. The molecule has 0 bridgehead atoms. The normalized spacial score (nSPS) is 12.7. The van der Waals surface area contributed by atoms with Gasteiger partial charge in [-0.25, -0.2) is 15.0 Å². The first kappa shape index (κ1) is 42.0. The maximum Gasteiger partial charge on any atom is 0.164 e. The van der Waals surface area contributed by atoms with Crippen molar-refractivity contribution >= 4 is 21.9 Å². The molecule has 0 saturated carbocycles. The molecular formula is C70H43N3O. The van der Waals surface area contributed by atoms with Crippen molar-refractivity contribution in [2.45, 2.75) is 5.41 Å². The minimum atomic E-state index is -0.406. The Kier molecular flexibility index (Phi) is 9.45. The van der Waals surface area contributed by atoms with Gasteiger partial charge in [0.05, 0.1) is 5.41 Å². The lowest BCUT2D eigenvalue weighted by Gasteiger charge is -2.30. The van der Waals surface area contributed by atoms with Crippen molar-refractivity contribution < 1.29 is 4.42 Å².